The summed E-state index contributed by atoms with van der Waals surface area (Å²) in [5.41, 5.74) is 6.68. The van der Waals surface area contributed by atoms with Gasteiger partial charge in [0.1, 0.15) is 6.17 Å². The van der Waals surface area contributed by atoms with Crippen LogP contribution in [0.4, 0.5) is 0 Å². The standard InChI is InChI=1S/C9H13N3/c10-5-4-8-7-12-6-2-1-3-9(12)11-8/h1-3,6-7,9,11H,4-5,10H2/t9-/m1/s1. The molecule has 0 saturated carbocycles. The Morgan fingerprint density at radius 3 is 3.17 bits per heavy atom. The van der Waals surface area contributed by atoms with Gasteiger partial charge < -0.3 is 16.0 Å². The van der Waals surface area contributed by atoms with E-state index >= 15 is 0 Å². The van der Waals surface area contributed by atoms with Crippen molar-refractivity contribution in [3.8, 4) is 0 Å². The Bertz CT molecular complexity index is 252. The van der Waals surface area contributed by atoms with Crippen molar-refractivity contribution in [2.45, 2.75) is 12.6 Å². The van der Waals surface area contributed by atoms with Gasteiger partial charge in [0.25, 0.3) is 0 Å². The molecule has 3 N–H and O–H groups in total. The van der Waals surface area contributed by atoms with E-state index in [0.717, 1.165) is 6.42 Å². The zero-order valence-corrected chi connectivity index (χ0v) is 6.90. The second kappa shape index (κ2) is 3.03. The molecule has 64 valence electrons. The van der Waals surface area contributed by atoms with Gasteiger partial charge in [-0.25, -0.2) is 0 Å². The van der Waals surface area contributed by atoms with Crippen molar-refractivity contribution in [3.05, 3.63) is 36.3 Å². The first-order valence-electron chi connectivity index (χ1n) is 4.20. The first-order valence-corrected chi connectivity index (χ1v) is 4.20. The van der Waals surface area contributed by atoms with E-state index in [2.05, 4.69) is 28.7 Å². The molecule has 0 bridgehead atoms. The maximum absolute atomic E-state index is 5.46. The lowest BCUT2D eigenvalue weighted by atomic mass is 10.3. The lowest BCUT2D eigenvalue weighted by molar-refractivity contribution is 0.423. The predicted molar refractivity (Wildman–Crippen MR) is 48.8 cm³/mol. The molecule has 0 radical (unpaired) electrons. The van der Waals surface area contributed by atoms with E-state index in [0.29, 0.717) is 12.7 Å². The second-order valence-corrected chi connectivity index (χ2v) is 2.96. The molecule has 2 aliphatic rings. The monoisotopic (exact) mass is 163 g/mol. The van der Waals surface area contributed by atoms with Crippen LogP contribution >= 0.6 is 0 Å². The fourth-order valence-corrected chi connectivity index (χ4v) is 1.46. The summed E-state index contributed by atoms with van der Waals surface area (Å²) in [5, 5.41) is 3.36. The SMILES string of the molecule is NCCC1=CN2C=CC=C[C@@H]2N1. The Labute approximate surface area is 72.2 Å². The molecule has 0 spiro atoms. The predicted octanol–water partition coefficient (Wildman–Crippen LogP) is 0.491. The van der Waals surface area contributed by atoms with Gasteiger partial charge in [-0.3, -0.25) is 0 Å². The summed E-state index contributed by atoms with van der Waals surface area (Å²) in [6, 6.07) is 0. The summed E-state index contributed by atoms with van der Waals surface area (Å²) >= 11 is 0. The number of hydrogen-bond donors (Lipinski definition) is 2. The molecule has 0 aromatic heterocycles. The molecule has 0 saturated heterocycles. The van der Waals surface area contributed by atoms with Crippen LogP contribution in [0.3, 0.4) is 0 Å². The molecule has 1 atom stereocenters. The van der Waals surface area contributed by atoms with Crippen molar-refractivity contribution in [1.29, 1.82) is 0 Å². The number of nitrogens with two attached hydrogens (primary N) is 1. The van der Waals surface area contributed by atoms with Crippen LogP contribution in [0.25, 0.3) is 0 Å². The van der Waals surface area contributed by atoms with Gasteiger partial charge >= 0.3 is 0 Å². The van der Waals surface area contributed by atoms with Crippen LogP contribution in [-0.4, -0.2) is 17.6 Å². The Balaban J connectivity index is 2.06. The minimum absolute atomic E-state index is 0.316. The number of hydrogen-bond acceptors (Lipinski definition) is 3. The highest BCUT2D eigenvalue weighted by atomic mass is 15.3. The average Bonchev–Trinajstić information content (AvgIpc) is 2.47. The Hall–Kier alpha value is -1.22. The van der Waals surface area contributed by atoms with Crippen LogP contribution < -0.4 is 11.1 Å². The van der Waals surface area contributed by atoms with Crippen molar-refractivity contribution < 1.29 is 0 Å². The van der Waals surface area contributed by atoms with E-state index in [1.165, 1.54) is 5.70 Å². The summed E-state index contributed by atoms with van der Waals surface area (Å²) in [5.74, 6) is 0. The molecule has 0 aromatic carbocycles. The van der Waals surface area contributed by atoms with E-state index in [9.17, 15) is 0 Å². The lowest BCUT2D eigenvalue weighted by Crippen LogP contribution is -2.32. The third-order valence-electron chi connectivity index (χ3n) is 2.04. The molecule has 0 aromatic rings. The highest BCUT2D eigenvalue weighted by molar-refractivity contribution is 5.22. The van der Waals surface area contributed by atoms with Crippen molar-refractivity contribution in [2.75, 3.05) is 6.54 Å². The number of allylic oxidation sites excluding steroid dienone is 2. The van der Waals surface area contributed by atoms with Crippen LogP contribution in [0.1, 0.15) is 6.42 Å². The first kappa shape index (κ1) is 7.43. The van der Waals surface area contributed by atoms with E-state index in [4.69, 9.17) is 5.73 Å². The summed E-state index contributed by atoms with van der Waals surface area (Å²) in [6.45, 7) is 0.701. The van der Waals surface area contributed by atoms with Crippen molar-refractivity contribution >= 4 is 0 Å². The zero-order chi connectivity index (χ0) is 8.39. The number of rotatable bonds is 2. The fourth-order valence-electron chi connectivity index (χ4n) is 1.46. The second-order valence-electron chi connectivity index (χ2n) is 2.96. The quantitative estimate of drug-likeness (QED) is 0.622. The third kappa shape index (κ3) is 1.23. The largest absolute Gasteiger partial charge is 0.364 e. The summed E-state index contributed by atoms with van der Waals surface area (Å²) in [7, 11) is 0. The molecule has 2 rings (SSSR count). The third-order valence-corrected chi connectivity index (χ3v) is 2.04. The first-order chi connectivity index (χ1) is 5.90. The molecule has 0 unspecified atom stereocenters. The van der Waals surface area contributed by atoms with Gasteiger partial charge in [0.2, 0.25) is 0 Å². The van der Waals surface area contributed by atoms with Gasteiger partial charge in [-0.1, -0.05) is 6.08 Å². The molecule has 3 heteroatoms. The van der Waals surface area contributed by atoms with Gasteiger partial charge in [0, 0.05) is 24.5 Å². The van der Waals surface area contributed by atoms with E-state index in [1.807, 2.05) is 12.2 Å². The van der Waals surface area contributed by atoms with E-state index in [1.54, 1.807) is 0 Å². The normalized spacial score (nSPS) is 25.2. The van der Waals surface area contributed by atoms with E-state index in [-0.39, 0.29) is 0 Å². The summed E-state index contributed by atoms with van der Waals surface area (Å²) in [6.07, 6.45) is 11.6. The molecule has 3 nitrogen and oxygen atoms in total. The highest BCUT2D eigenvalue weighted by Gasteiger charge is 2.19. The molecule has 0 aliphatic carbocycles. The number of nitrogens with zero attached hydrogens (tertiary/aromatic N) is 1. The van der Waals surface area contributed by atoms with Gasteiger partial charge in [-0.15, -0.1) is 0 Å². The molecule has 0 fully saturated rings. The zero-order valence-electron chi connectivity index (χ0n) is 6.90. The average molecular weight is 163 g/mol. The molecule has 12 heavy (non-hydrogen) atoms. The summed E-state index contributed by atoms with van der Waals surface area (Å²) in [4.78, 5) is 2.14. The van der Waals surface area contributed by atoms with Crippen molar-refractivity contribution in [1.82, 2.24) is 10.2 Å². The Morgan fingerprint density at radius 2 is 2.42 bits per heavy atom. The number of fused-ring (bicyclic) bond motifs is 1. The molecular weight excluding hydrogens is 150 g/mol. The Morgan fingerprint density at radius 1 is 1.50 bits per heavy atom. The van der Waals surface area contributed by atoms with Crippen LogP contribution in [0, 0.1) is 0 Å². The van der Waals surface area contributed by atoms with Gasteiger partial charge in [0.05, 0.1) is 0 Å². The van der Waals surface area contributed by atoms with Crippen molar-refractivity contribution in [2.24, 2.45) is 5.73 Å². The maximum atomic E-state index is 5.46. The maximum Gasteiger partial charge on any atom is 0.122 e. The number of nitrogens with one attached hydrogen (secondary N) is 1. The highest BCUT2D eigenvalue weighted by Crippen LogP contribution is 2.16. The minimum atomic E-state index is 0.316. The molecular formula is C9H13N3. The summed E-state index contributed by atoms with van der Waals surface area (Å²) < 4.78 is 0. The van der Waals surface area contributed by atoms with E-state index < -0.39 is 0 Å². The molecule has 2 heterocycles. The fraction of sp³-hybridized carbons (Fsp3) is 0.333. The van der Waals surface area contributed by atoms with Gasteiger partial charge in [-0.2, -0.15) is 0 Å². The van der Waals surface area contributed by atoms with Gasteiger partial charge in [0.15, 0.2) is 0 Å². The molecule has 2 aliphatic heterocycles. The molecule has 0 amide bonds. The van der Waals surface area contributed by atoms with Crippen LogP contribution in [0.2, 0.25) is 0 Å². The topological polar surface area (TPSA) is 41.3 Å². The van der Waals surface area contributed by atoms with Crippen LogP contribution in [-0.2, 0) is 0 Å². The Kier molecular flexibility index (Phi) is 1.87. The van der Waals surface area contributed by atoms with Crippen LogP contribution in [0.15, 0.2) is 36.3 Å². The minimum Gasteiger partial charge on any atom is -0.364 e. The smallest absolute Gasteiger partial charge is 0.122 e. The van der Waals surface area contributed by atoms with Crippen molar-refractivity contribution in [3.63, 3.8) is 0 Å². The van der Waals surface area contributed by atoms with Crippen LogP contribution in [0.5, 0.6) is 0 Å². The van der Waals surface area contributed by atoms with Gasteiger partial charge in [-0.05, 0) is 18.7 Å². The lowest BCUT2D eigenvalue weighted by Gasteiger charge is -2.20.